The van der Waals surface area contributed by atoms with Crippen molar-refractivity contribution in [1.82, 2.24) is 10.2 Å². The van der Waals surface area contributed by atoms with Crippen molar-refractivity contribution in [1.29, 1.82) is 0 Å². The summed E-state index contributed by atoms with van der Waals surface area (Å²) < 4.78 is 0. The maximum atomic E-state index is 12.3. The van der Waals surface area contributed by atoms with Gasteiger partial charge in [-0.25, -0.2) is 4.79 Å². The molecule has 4 bridgehead atoms. The number of nitrogens with one attached hydrogen (secondary N) is 1. The first-order valence-electron chi connectivity index (χ1n) is 7.81. The molecule has 4 aliphatic rings. The predicted octanol–water partition coefficient (Wildman–Crippen LogP) is 3.40. The Kier molecular flexibility index (Phi) is 2.72. The molecule has 0 radical (unpaired) electrons. The zero-order valence-corrected chi connectivity index (χ0v) is 12.9. The van der Waals surface area contributed by atoms with Gasteiger partial charge in [-0.3, -0.25) is 0 Å². The highest BCUT2D eigenvalue weighted by molar-refractivity contribution is 5.74. The van der Waals surface area contributed by atoms with E-state index in [-0.39, 0.29) is 11.6 Å². The van der Waals surface area contributed by atoms with Crippen LogP contribution in [-0.4, -0.2) is 30.1 Å². The molecule has 4 fully saturated rings. The fourth-order valence-electron chi connectivity index (χ4n) is 6.05. The number of amides is 2. The highest BCUT2D eigenvalue weighted by Crippen LogP contribution is 2.66. The standard InChI is InChI=1S/C16H28N2O/c1-5-18(4)13(19)17-16-8-12-6-14(2,10-16)9-15(3,7-12)11-16/h12H,5-11H2,1-4H3,(H,17,19). The number of carbonyl (C=O) groups excluding carboxylic acids is 1. The molecule has 3 nitrogen and oxygen atoms in total. The van der Waals surface area contributed by atoms with Crippen molar-refractivity contribution in [2.24, 2.45) is 16.7 Å². The third-order valence-electron chi connectivity index (χ3n) is 5.82. The molecular formula is C16H28N2O. The van der Waals surface area contributed by atoms with Crippen LogP contribution >= 0.6 is 0 Å². The third kappa shape index (κ3) is 2.15. The van der Waals surface area contributed by atoms with E-state index in [0.717, 1.165) is 12.5 Å². The van der Waals surface area contributed by atoms with Crippen LogP contribution in [0.4, 0.5) is 4.79 Å². The quantitative estimate of drug-likeness (QED) is 0.814. The summed E-state index contributed by atoms with van der Waals surface area (Å²) in [5, 5.41) is 3.41. The van der Waals surface area contributed by atoms with E-state index < -0.39 is 0 Å². The van der Waals surface area contributed by atoms with Gasteiger partial charge < -0.3 is 10.2 Å². The molecule has 0 aromatic rings. The summed E-state index contributed by atoms with van der Waals surface area (Å²) in [6.07, 6.45) is 7.71. The lowest BCUT2D eigenvalue weighted by Crippen LogP contribution is -2.66. The van der Waals surface area contributed by atoms with Crippen LogP contribution in [0.5, 0.6) is 0 Å². The summed E-state index contributed by atoms with van der Waals surface area (Å²) in [6, 6.07) is 0.122. The Labute approximate surface area is 117 Å². The number of carbonyl (C=O) groups is 1. The van der Waals surface area contributed by atoms with E-state index in [2.05, 4.69) is 19.2 Å². The van der Waals surface area contributed by atoms with Gasteiger partial charge in [0.05, 0.1) is 0 Å². The predicted molar refractivity (Wildman–Crippen MR) is 77.0 cm³/mol. The van der Waals surface area contributed by atoms with E-state index in [1.165, 1.54) is 38.5 Å². The van der Waals surface area contributed by atoms with Gasteiger partial charge in [-0.1, -0.05) is 13.8 Å². The van der Waals surface area contributed by atoms with Crippen molar-refractivity contribution in [3.63, 3.8) is 0 Å². The number of hydrogen-bond acceptors (Lipinski definition) is 1. The van der Waals surface area contributed by atoms with Crippen LogP contribution < -0.4 is 5.32 Å². The summed E-state index contributed by atoms with van der Waals surface area (Å²) in [6.45, 7) is 7.70. The van der Waals surface area contributed by atoms with E-state index in [1.54, 1.807) is 4.90 Å². The normalized spacial score (nSPS) is 47.3. The van der Waals surface area contributed by atoms with Crippen molar-refractivity contribution in [2.75, 3.05) is 13.6 Å². The minimum Gasteiger partial charge on any atom is -0.333 e. The van der Waals surface area contributed by atoms with Crippen LogP contribution in [-0.2, 0) is 0 Å². The number of nitrogens with zero attached hydrogens (tertiary/aromatic N) is 1. The van der Waals surface area contributed by atoms with E-state index in [0.29, 0.717) is 10.8 Å². The fourth-order valence-corrected chi connectivity index (χ4v) is 6.05. The van der Waals surface area contributed by atoms with Crippen LogP contribution in [0.15, 0.2) is 0 Å². The van der Waals surface area contributed by atoms with Gasteiger partial charge in [-0.05, 0) is 62.2 Å². The van der Waals surface area contributed by atoms with E-state index in [4.69, 9.17) is 0 Å². The Hall–Kier alpha value is -0.730. The topological polar surface area (TPSA) is 32.3 Å². The molecule has 108 valence electrons. The summed E-state index contributed by atoms with van der Waals surface area (Å²) >= 11 is 0. The van der Waals surface area contributed by atoms with Crippen molar-refractivity contribution in [2.45, 2.75) is 64.8 Å². The first kappa shape index (κ1) is 13.3. The van der Waals surface area contributed by atoms with Gasteiger partial charge in [0.1, 0.15) is 0 Å². The molecule has 0 aliphatic heterocycles. The lowest BCUT2D eigenvalue weighted by atomic mass is 9.43. The molecule has 2 amide bonds. The number of hydrogen-bond donors (Lipinski definition) is 1. The Balaban J connectivity index is 1.83. The minimum absolute atomic E-state index is 0.0867. The summed E-state index contributed by atoms with van der Waals surface area (Å²) in [4.78, 5) is 14.1. The van der Waals surface area contributed by atoms with Gasteiger partial charge in [0.2, 0.25) is 0 Å². The number of rotatable bonds is 2. The smallest absolute Gasteiger partial charge is 0.317 e. The molecule has 19 heavy (non-hydrogen) atoms. The first-order valence-corrected chi connectivity index (χ1v) is 7.81. The molecule has 1 N–H and O–H groups in total. The van der Waals surface area contributed by atoms with E-state index in [1.807, 2.05) is 14.0 Å². The summed E-state index contributed by atoms with van der Waals surface area (Å²) in [5.74, 6) is 0.832. The molecule has 0 aromatic carbocycles. The second-order valence-corrected chi connectivity index (χ2v) is 8.35. The molecule has 4 rings (SSSR count). The monoisotopic (exact) mass is 264 g/mol. The highest BCUT2D eigenvalue weighted by atomic mass is 16.2. The van der Waals surface area contributed by atoms with Crippen LogP contribution in [0.3, 0.4) is 0 Å². The fraction of sp³-hybridized carbons (Fsp3) is 0.938. The molecule has 3 heteroatoms. The van der Waals surface area contributed by atoms with Gasteiger partial charge in [-0.15, -0.1) is 0 Å². The van der Waals surface area contributed by atoms with E-state index >= 15 is 0 Å². The third-order valence-corrected chi connectivity index (χ3v) is 5.82. The van der Waals surface area contributed by atoms with Crippen molar-refractivity contribution in [3.05, 3.63) is 0 Å². The molecule has 0 heterocycles. The molecular weight excluding hydrogens is 236 g/mol. The molecule has 0 saturated heterocycles. The second-order valence-electron chi connectivity index (χ2n) is 8.35. The van der Waals surface area contributed by atoms with Crippen molar-refractivity contribution < 1.29 is 4.79 Å². The minimum atomic E-state index is 0.0867. The van der Waals surface area contributed by atoms with Gasteiger partial charge in [0.25, 0.3) is 0 Å². The molecule has 4 aliphatic carbocycles. The van der Waals surface area contributed by atoms with Crippen molar-refractivity contribution >= 4 is 6.03 Å². The average molecular weight is 264 g/mol. The Morgan fingerprint density at radius 1 is 1.16 bits per heavy atom. The van der Waals surface area contributed by atoms with Crippen LogP contribution in [0, 0.1) is 16.7 Å². The van der Waals surface area contributed by atoms with Crippen LogP contribution in [0.2, 0.25) is 0 Å². The van der Waals surface area contributed by atoms with Gasteiger partial charge >= 0.3 is 6.03 Å². The Morgan fingerprint density at radius 2 is 1.74 bits per heavy atom. The molecule has 0 spiro atoms. The maximum Gasteiger partial charge on any atom is 0.317 e. The van der Waals surface area contributed by atoms with Crippen molar-refractivity contribution in [3.8, 4) is 0 Å². The second kappa shape index (κ2) is 3.89. The zero-order chi connectivity index (χ0) is 13.9. The Bertz CT molecular complexity index is 388. The van der Waals surface area contributed by atoms with Gasteiger partial charge in [-0.2, -0.15) is 0 Å². The van der Waals surface area contributed by atoms with Crippen LogP contribution in [0.25, 0.3) is 0 Å². The molecule has 4 saturated carbocycles. The SMILES string of the molecule is CCN(C)C(=O)NC12CC3CC(C)(CC(C)(C3)C1)C2. The number of urea groups is 1. The summed E-state index contributed by atoms with van der Waals surface area (Å²) in [7, 11) is 1.89. The highest BCUT2D eigenvalue weighted by Gasteiger charge is 2.60. The molecule has 2 unspecified atom stereocenters. The summed E-state index contributed by atoms with van der Waals surface area (Å²) in [5.41, 5.74) is 1.02. The van der Waals surface area contributed by atoms with E-state index in [9.17, 15) is 4.79 Å². The van der Waals surface area contributed by atoms with Gasteiger partial charge in [0, 0.05) is 19.1 Å². The lowest BCUT2D eigenvalue weighted by Gasteiger charge is -2.65. The van der Waals surface area contributed by atoms with Crippen LogP contribution in [0.1, 0.15) is 59.3 Å². The first-order chi connectivity index (χ1) is 8.77. The largest absolute Gasteiger partial charge is 0.333 e. The van der Waals surface area contributed by atoms with Gasteiger partial charge in [0.15, 0.2) is 0 Å². The average Bonchev–Trinajstić information content (AvgIpc) is 2.21. The molecule has 0 aromatic heterocycles. The molecule has 2 atom stereocenters. The maximum absolute atomic E-state index is 12.3. The Morgan fingerprint density at radius 3 is 2.21 bits per heavy atom. The zero-order valence-electron chi connectivity index (χ0n) is 12.9. The lowest BCUT2D eigenvalue weighted by molar-refractivity contribution is -0.114.